The molecular formula is C46H86O22S. The van der Waals surface area contributed by atoms with Crippen LogP contribution in [0.1, 0.15) is 116 Å². The van der Waals surface area contributed by atoms with Gasteiger partial charge in [0.05, 0.1) is 26.4 Å². The summed E-state index contributed by atoms with van der Waals surface area (Å²) in [5, 5.41) is 142. The van der Waals surface area contributed by atoms with E-state index in [1.165, 1.54) is 75.7 Å². The van der Waals surface area contributed by atoms with Crippen molar-refractivity contribution in [2.45, 2.75) is 238 Å². The minimum Gasteiger partial charge on any atom is -0.394 e. The lowest BCUT2D eigenvalue weighted by molar-refractivity contribution is -0.359. The lowest BCUT2D eigenvalue weighted by atomic mass is 9.97. The van der Waals surface area contributed by atoms with Crippen LogP contribution < -0.4 is 0 Å². The topological polar surface area (TPSA) is 357 Å². The monoisotopic (exact) mass is 1020 g/mol. The van der Waals surface area contributed by atoms with E-state index in [1.807, 2.05) is 11.8 Å². The lowest BCUT2D eigenvalue weighted by Crippen LogP contribution is -2.64. The molecule has 4 rings (SSSR count). The third kappa shape index (κ3) is 19.0. The Kier molecular flexibility index (Phi) is 29.5. The number of aliphatic hydroxyl groups is 14. The molecule has 4 fully saturated rings. The van der Waals surface area contributed by atoms with E-state index in [0.29, 0.717) is 0 Å². The molecule has 0 aromatic rings. The van der Waals surface area contributed by atoms with Crippen LogP contribution in [-0.2, 0) is 37.9 Å². The average Bonchev–Trinajstić information content (AvgIpc) is 3.35. The maximum atomic E-state index is 10.8. The second kappa shape index (κ2) is 33.4. The fourth-order valence-electron chi connectivity index (χ4n) is 8.97. The molecule has 69 heavy (non-hydrogen) atoms. The Labute approximate surface area is 409 Å². The first-order valence-corrected chi connectivity index (χ1v) is 26.4. The van der Waals surface area contributed by atoms with Gasteiger partial charge in [0, 0.05) is 13.2 Å². The molecule has 20 atom stereocenters. The maximum absolute atomic E-state index is 10.8. The van der Waals surface area contributed by atoms with Crippen molar-refractivity contribution in [2.75, 3.05) is 51.1 Å². The van der Waals surface area contributed by atoms with Crippen LogP contribution >= 0.6 is 11.8 Å². The summed E-state index contributed by atoms with van der Waals surface area (Å²) in [7, 11) is 0. The summed E-state index contributed by atoms with van der Waals surface area (Å²) in [5.74, 6) is 2.39. The van der Waals surface area contributed by atoms with Crippen LogP contribution in [0.2, 0.25) is 0 Å². The first kappa shape index (κ1) is 61.0. The first-order chi connectivity index (χ1) is 33.3. The number of hydrogen-bond donors (Lipinski definition) is 14. The molecule has 0 amide bonds. The molecule has 0 aromatic heterocycles. The molecule has 0 aromatic carbocycles. The van der Waals surface area contributed by atoms with Crippen LogP contribution in [0, 0.1) is 0 Å². The molecule has 4 heterocycles. The van der Waals surface area contributed by atoms with E-state index in [2.05, 4.69) is 0 Å². The van der Waals surface area contributed by atoms with Gasteiger partial charge in [0.2, 0.25) is 0 Å². The van der Waals surface area contributed by atoms with Gasteiger partial charge in [-0.25, -0.2) is 0 Å². The number of unbranched alkanes of at least 4 members (excludes halogenated alkanes) is 16. The van der Waals surface area contributed by atoms with Gasteiger partial charge in [0.1, 0.15) is 97.7 Å². The molecule has 0 unspecified atom stereocenters. The number of hydrogen-bond acceptors (Lipinski definition) is 23. The van der Waals surface area contributed by atoms with Crippen molar-refractivity contribution in [1.29, 1.82) is 0 Å². The number of rotatable bonds is 34. The van der Waals surface area contributed by atoms with Gasteiger partial charge in [0.15, 0.2) is 25.2 Å². The summed E-state index contributed by atoms with van der Waals surface area (Å²) in [6, 6.07) is 0. The fraction of sp³-hybridized carbons (Fsp3) is 1.00. The standard InChI is InChI=1S/C46H86O22S/c47-23-27-31(51)33(53)37(57)45(63-27)67-41-29(25-49)65-43(39(59)35(41)55)61-19-15-11-7-3-1-5-9-13-17-21-69-22-18-14-10-6-2-4-8-12-16-20-62-44-40(60)36(56)42(30(26-50)66-44)68-46-38(58)34(54)32(52)28(24-48)64-46/h27-60H,1-26H2/t27-,28-,29-,30-,31+,32+,33+,34+,35-,36-,37-,38-,39-,40-,41-,42-,43-,44-,45+,46+/m1/s1. The maximum Gasteiger partial charge on any atom is 0.187 e. The Hall–Kier alpha value is -0.530. The molecule has 0 spiro atoms. The van der Waals surface area contributed by atoms with Crippen LogP contribution in [0.15, 0.2) is 0 Å². The van der Waals surface area contributed by atoms with Crippen LogP contribution in [0.5, 0.6) is 0 Å². The highest BCUT2D eigenvalue weighted by molar-refractivity contribution is 7.99. The molecular weight excluding hydrogens is 937 g/mol. The number of ether oxygens (including phenoxy) is 8. The predicted octanol–water partition coefficient (Wildman–Crippen LogP) is -1.98. The molecule has 14 N–H and O–H groups in total. The Morgan fingerprint density at radius 1 is 0.290 bits per heavy atom. The Bertz CT molecular complexity index is 1220. The first-order valence-electron chi connectivity index (χ1n) is 25.3. The molecule has 23 heteroatoms. The zero-order chi connectivity index (χ0) is 50.3. The van der Waals surface area contributed by atoms with Gasteiger partial charge in [-0.3, -0.25) is 0 Å². The second-order valence-corrected chi connectivity index (χ2v) is 20.0. The lowest BCUT2D eigenvalue weighted by Gasteiger charge is -2.45. The SMILES string of the molecule is OC[C@H]1O[C@@H](O[C@H]2[C@H](O)[C@@H](O)[C@H](OCCCCCCCCCCCSCCCCCCCCCCCO[C@@H]3O[C@H](CO)[C@@H](O[C@@H]4O[C@H](CO)[C@H](O)[C@H](O)[C@H]4O)[C@H](O)[C@H]3O)O[C@@H]2CO)[C@H](O)[C@@H](O)[C@H]1O. The third-order valence-corrected chi connectivity index (χ3v) is 14.5. The molecule has 0 bridgehead atoms. The fourth-order valence-corrected chi connectivity index (χ4v) is 10.00. The van der Waals surface area contributed by atoms with Gasteiger partial charge in [-0.1, -0.05) is 89.9 Å². The van der Waals surface area contributed by atoms with Gasteiger partial charge in [-0.15, -0.1) is 0 Å². The largest absolute Gasteiger partial charge is 0.394 e. The Morgan fingerprint density at radius 3 is 0.884 bits per heavy atom. The molecule has 4 aliphatic rings. The normalized spacial score (nSPS) is 38.7. The van der Waals surface area contributed by atoms with Crippen LogP contribution in [0.3, 0.4) is 0 Å². The van der Waals surface area contributed by atoms with Crippen molar-refractivity contribution in [2.24, 2.45) is 0 Å². The summed E-state index contributed by atoms with van der Waals surface area (Å²) in [6.45, 7) is -1.99. The smallest absolute Gasteiger partial charge is 0.187 e. The second-order valence-electron chi connectivity index (χ2n) is 18.7. The highest BCUT2D eigenvalue weighted by Crippen LogP contribution is 2.32. The van der Waals surface area contributed by atoms with E-state index < -0.39 is 149 Å². The van der Waals surface area contributed by atoms with Crippen molar-refractivity contribution in [1.82, 2.24) is 0 Å². The van der Waals surface area contributed by atoms with E-state index >= 15 is 0 Å². The van der Waals surface area contributed by atoms with E-state index in [4.69, 9.17) is 37.9 Å². The van der Waals surface area contributed by atoms with E-state index in [0.717, 1.165) is 51.4 Å². The zero-order valence-corrected chi connectivity index (χ0v) is 40.7. The van der Waals surface area contributed by atoms with Gasteiger partial charge in [0.25, 0.3) is 0 Å². The minimum atomic E-state index is -1.72. The van der Waals surface area contributed by atoms with Gasteiger partial charge in [-0.05, 0) is 37.2 Å². The molecule has 4 saturated heterocycles. The van der Waals surface area contributed by atoms with Gasteiger partial charge < -0.3 is 109 Å². The molecule has 408 valence electrons. The predicted molar refractivity (Wildman–Crippen MR) is 245 cm³/mol. The van der Waals surface area contributed by atoms with Crippen molar-refractivity contribution < 1.29 is 109 Å². The molecule has 0 radical (unpaired) electrons. The van der Waals surface area contributed by atoms with E-state index in [-0.39, 0.29) is 13.2 Å². The van der Waals surface area contributed by atoms with Gasteiger partial charge in [-0.2, -0.15) is 11.8 Å². The van der Waals surface area contributed by atoms with E-state index in [9.17, 15) is 71.5 Å². The minimum absolute atomic E-state index is 0.279. The summed E-state index contributed by atoms with van der Waals surface area (Å²) in [4.78, 5) is 0. The van der Waals surface area contributed by atoms with Gasteiger partial charge >= 0.3 is 0 Å². The average molecular weight is 1020 g/mol. The number of aliphatic hydroxyl groups excluding tert-OH is 14. The quantitative estimate of drug-likeness (QED) is 0.0311. The Balaban J connectivity index is 0.891. The highest BCUT2D eigenvalue weighted by Gasteiger charge is 2.52. The van der Waals surface area contributed by atoms with Crippen LogP contribution in [0.4, 0.5) is 0 Å². The van der Waals surface area contributed by atoms with Crippen LogP contribution in [0.25, 0.3) is 0 Å². The highest BCUT2D eigenvalue weighted by atomic mass is 32.2. The third-order valence-electron chi connectivity index (χ3n) is 13.4. The summed E-state index contributed by atoms with van der Waals surface area (Å²) < 4.78 is 44.5. The van der Waals surface area contributed by atoms with E-state index in [1.54, 1.807) is 0 Å². The molecule has 4 aliphatic heterocycles. The van der Waals surface area contributed by atoms with Crippen molar-refractivity contribution in [3.05, 3.63) is 0 Å². The van der Waals surface area contributed by atoms with Crippen molar-refractivity contribution in [3.63, 3.8) is 0 Å². The van der Waals surface area contributed by atoms with Crippen molar-refractivity contribution in [3.8, 4) is 0 Å². The Morgan fingerprint density at radius 2 is 0.565 bits per heavy atom. The summed E-state index contributed by atoms with van der Waals surface area (Å²) in [6.07, 6.45) is -9.52. The van der Waals surface area contributed by atoms with Crippen LogP contribution in [-0.4, -0.2) is 245 Å². The molecule has 22 nitrogen and oxygen atoms in total. The summed E-state index contributed by atoms with van der Waals surface area (Å²) >= 11 is 2.04. The molecule has 0 aliphatic carbocycles. The number of thioether (sulfide) groups is 1. The zero-order valence-electron chi connectivity index (χ0n) is 39.9. The van der Waals surface area contributed by atoms with Crippen molar-refractivity contribution >= 4 is 11.8 Å². The molecule has 0 saturated carbocycles. The summed E-state index contributed by atoms with van der Waals surface area (Å²) in [5.41, 5.74) is 0.